The Morgan fingerprint density at radius 2 is 2.02 bits per heavy atom. The van der Waals surface area contributed by atoms with Crippen molar-refractivity contribution in [1.29, 1.82) is 0 Å². The van der Waals surface area contributed by atoms with Crippen LogP contribution in [0, 0.1) is 11.7 Å². The molecule has 2 N–H and O–H groups in total. The number of fused-ring (bicyclic) bond motifs is 1. The molecule has 2 fully saturated rings. The molecule has 2 saturated carbocycles. The highest BCUT2D eigenvalue weighted by molar-refractivity contribution is 6.31. The van der Waals surface area contributed by atoms with Crippen molar-refractivity contribution >= 4 is 29.8 Å². The van der Waals surface area contributed by atoms with Crippen LogP contribution in [0.5, 0.6) is 11.5 Å². The number of amides is 1. The molecule has 1 amide bonds. The third-order valence-corrected chi connectivity index (χ3v) is 9.29. The second-order valence-electron chi connectivity index (χ2n) is 12.3. The summed E-state index contributed by atoms with van der Waals surface area (Å²) in [5.41, 5.74) is 3.99. The van der Waals surface area contributed by atoms with E-state index >= 15 is 0 Å². The predicted molar refractivity (Wildman–Crippen MR) is 173 cm³/mol. The zero-order valence-electron chi connectivity index (χ0n) is 25.7. The molecule has 2 atom stereocenters. The molecule has 1 aromatic heterocycles. The van der Waals surface area contributed by atoms with Crippen LogP contribution >= 0.6 is 11.6 Å². The van der Waals surface area contributed by atoms with Crippen LogP contribution in [-0.2, 0) is 0 Å². The Kier molecular flexibility index (Phi) is 9.13. The van der Waals surface area contributed by atoms with Crippen LogP contribution in [0.25, 0.3) is 23.5 Å². The van der Waals surface area contributed by atoms with Gasteiger partial charge in [-0.3, -0.25) is 4.79 Å². The summed E-state index contributed by atoms with van der Waals surface area (Å²) in [6.45, 7) is 8.14. The molecule has 2 aromatic carbocycles. The standard InChI is InChI=1S/C36H41ClFN3O3/c1-4-13-39-18-25-14-24(16-33(27(25)5-2)44-26-10-11-26)36(42)40-19-29(22-7-6-8-22)32-17-28-21(3)20-43-35(28)34(41-32)23-9-12-31(38)30(37)15-23/h5,9,12,14-18,21-22,26,29,39H,4,6-8,10-11,13,19-20H2,1-3H3,(H,40,42)/b25-18-,27-5-. The second kappa shape index (κ2) is 13.2. The largest absolute Gasteiger partial charge is 0.490 e. The zero-order chi connectivity index (χ0) is 30.8. The Hall–Kier alpha value is -3.58. The zero-order valence-corrected chi connectivity index (χ0v) is 26.5. The lowest BCUT2D eigenvalue weighted by Crippen LogP contribution is -2.36. The highest BCUT2D eigenvalue weighted by Crippen LogP contribution is 2.45. The molecule has 1 aliphatic heterocycles. The molecule has 44 heavy (non-hydrogen) atoms. The Labute approximate surface area is 263 Å². The molecule has 2 aliphatic carbocycles. The number of ether oxygens (including phenoxy) is 2. The molecule has 2 unspecified atom stereocenters. The van der Waals surface area contributed by atoms with Gasteiger partial charge in [-0.25, -0.2) is 9.37 Å². The van der Waals surface area contributed by atoms with E-state index in [1.807, 2.05) is 31.3 Å². The predicted octanol–water partition coefficient (Wildman–Crippen LogP) is 6.43. The summed E-state index contributed by atoms with van der Waals surface area (Å²) in [6, 6.07) is 10.6. The summed E-state index contributed by atoms with van der Waals surface area (Å²) < 4.78 is 26.4. The first kappa shape index (κ1) is 30.4. The van der Waals surface area contributed by atoms with Crippen molar-refractivity contribution in [3.05, 3.63) is 74.5 Å². The summed E-state index contributed by atoms with van der Waals surface area (Å²) in [4.78, 5) is 18.9. The van der Waals surface area contributed by atoms with Gasteiger partial charge in [0.25, 0.3) is 5.91 Å². The topological polar surface area (TPSA) is 72.5 Å². The van der Waals surface area contributed by atoms with Crippen LogP contribution < -0.4 is 30.5 Å². The molecule has 0 bridgehead atoms. The van der Waals surface area contributed by atoms with Gasteiger partial charge in [0.2, 0.25) is 0 Å². The van der Waals surface area contributed by atoms with Gasteiger partial charge in [-0.05, 0) is 81.3 Å². The minimum absolute atomic E-state index is 0.0307. The van der Waals surface area contributed by atoms with Gasteiger partial charge in [-0.1, -0.05) is 37.9 Å². The molecule has 0 spiro atoms. The fraction of sp³-hybridized carbons (Fsp3) is 0.444. The van der Waals surface area contributed by atoms with E-state index in [1.54, 1.807) is 12.1 Å². The summed E-state index contributed by atoms with van der Waals surface area (Å²) in [5.74, 6) is 1.53. The number of hydrogen-bond donors (Lipinski definition) is 2. The lowest BCUT2D eigenvalue weighted by atomic mass is 9.74. The highest BCUT2D eigenvalue weighted by atomic mass is 35.5. The van der Waals surface area contributed by atoms with Crippen molar-refractivity contribution in [2.24, 2.45) is 5.92 Å². The third kappa shape index (κ3) is 6.44. The molecule has 0 radical (unpaired) electrons. The average Bonchev–Trinajstić information content (AvgIpc) is 3.74. The number of rotatable bonds is 11. The first-order valence-electron chi connectivity index (χ1n) is 16.0. The minimum atomic E-state index is -0.468. The van der Waals surface area contributed by atoms with Gasteiger partial charge in [-0.15, -0.1) is 0 Å². The van der Waals surface area contributed by atoms with Gasteiger partial charge < -0.3 is 20.1 Å². The van der Waals surface area contributed by atoms with E-state index in [1.165, 1.54) is 12.5 Å². The lowest BCUT2D eigenvalue weighted by Gasteiger charge is -2.34. The maximum absolute atomic E-state index is 14.0. The molecule has 3 aliphatic rings. The normalized spacial score (nSPS) is 19.2. The third-order valence-electron chi connectivity index (χ3n) is 9.00. The molecule has 6 nitrogen and oxygen atoms in total. The molecule has 232 valence electrons. The van der Waals surface area contributed by atoms with Crippen LogP contribution in [0.3, 0.4) is 0 Å². The number of nitrogens with zero attached hydrogens (tertiary/aromatic N) is 1. The monoisotopic (exact) mass is 617 g/mol. The van der Waals surface area contributed by atoms with Crippen molar-refractivity contribution in [1.82, 2.24) is 15.6 Å². The van der Waals surface area contributed by atoms with Gasteiger partial charge in [0.1, 0.15) is 23.0 Å². The average molecular weight is 618 g/mol. The maximum Gasteiger partial charge on any atom is 0.251 e. The molecular weight excluding hydrogens is 577 g/mol. The van der Waals surface area contributed by atoms with Crippen molar-refractivity contribution < 1.29 is 18.7 Å². The first-order chi connectivity index (χ1) is 21.4. The summed E-state index contributed by atoms with van der Waals surface area (Å²) in [5, 5.41) is 8.60. The van der Waals surface area contributed by atoms with Gasteiger partial charge in [-0.2, -0.15) is 0 Å². The van der Waals surface area contributed by atoms with E-state index < -0.39 is 5.82 Å². The number of nitrogens with one attached hydrogen (secondary N) is 2. The van der Waals surface area contributed by atoms with Crippen LogP contribution in [0.2, 0.25) is 5.02 Å². The van der Waals surface area contributed by atoms with Crippen LogP contribution in [-0.4, -0.2) is 36.7 Å². The lowest BCUT2D eigenvalue weighted by molar-refractivity contribution is 0.0943. The number of carbonyl (C=O) groups excluding carboxylic acids is 1. The highest BCUT2D eigenvalue weighted by Gasteiger charge is 2.34. The number of hydrogen-bond acceptors (Lipinski definition) is 5. The number of aromatic nitrogens is 1. The van der Waals surface area contributed by atoms with E-state index in [0.717, 1.165) is 77.4 Å². The van der Waals surface area contributed by atoms with Crippen molar-refractivity contribution in [3.8, 4) is 22.8 Å². The smallest absolute Gasteiger partial charge is 0.251 e. The number of halogens is 2. The summed E-state index contributed by atoms with van der Waals surface area (Å²) >= 11 is 6.17. The first-order valence-corrected chi connectivity index (χ1v) is 16.4. The van der Waals surface area contributed by atoms with Gasteiger partial charge in [0.05, 0.1) is 17.7 Å². The van der Waals surface area contributed by atoms with Crippen LogP contribution in [0.15, 0.2) is 36.4 Å². The molecule has 2 heterocycles. The Morgan fingerprint density at radius 1 is 1.20 bits per heavy atom. The van der Waals surface area contributed by atoms with Gasteiger partial charge >= 0.3 is 0 Å². The minimum Gasteiger partial charge on any atom is -0.490 e. The van der Waals surface area contributed by atoms with Crippen LogP contribution in [0.4, 0.5) is 4.39 Å². The Morgan fingerprint density at radius 3 is 2.70 bits per heavy atom. The van der Waals surface area contributed by atoms with Gasteiger partial charge in [0, 0.05) is 63.9 Å². The number of carbonyl (C=O) groups is 1. The molecule has 0 saturated heterocycles. The molecule has 6 rings (SSSR count). The molecule has 3 aromatic rings. The molecular formula is C36H41ClFN3O3. The maximum atomic E-state index is 14.0. The Balaban J connectivity index is 1.31. The van der Waals surface area contributed by atoms with E-state index in [0.29, 0.717) is 30.3 Å². The van der Waals surface area contributed by atoms with Crippen molar-refractivity contribution in [2.75, 3.05) is 19.7 Å². The van der Waals surface area contributed by atoms with Crippen molar-refractivity contribution in [3.63, 3.8) is 0 Å². The summed E-state index contributed by atoms with van der Waals surface area (Å²) in [7, 11) is 0. The van der Waals surface area contributed by atoms with Crippen molar-refractivity contribution in [2.45, 2.75) is 77.2 Å². The quantitative estimate of drug-likeness (QED) is 0.243. The van der Waals surface area contributed by atoms with E-state index in [9.17, 15) is 9.18 Å². The SMILES string of the molecule is C/C=c1\c(OC2CC2)cc(C(=O)NCC(c2cc3c(c(-c4ccc(F)c(Cl)c4)n2)OCC3C)C2CCC2)c\c1=C\NCCC. The van der Waals surface area contributed by atoms with Gasteiger partial charge in [0.15, 0.2) is 0 Å². The Bertz CT molecular complexity index is 1670. The van der Waals surface area contributed by atoms with E-state index in [2.05, 4.69) is 30.5 Å². The second-order valence-corrected chi connectivity index (χ2v) is 12.8. The number of benzene rings is 2. The van der Waals surface area contributed by atoms with E-state index in [-0.39, 0.29) is 28.9 Å². The van der Waals surface area contributed by atoms with Crippen LogP contribution in [0.1, 0.15) is 92.7 Å². The molecule has 8 heteroatoms. The number of pyridine rings is 1. The summed E-state index contributed by atoms with van der Waals surface area (Å²) in [6.07, 6.45) is 10.7. The van der Waals surface area contributed by atoms with E-state index in [4.69, 9.17) is 26.1 Å². The fourth-order valence-electron chi connectivity index (χ4n) is 6.08. The fourth-order valence-corrected chi connectivity index (χ4v) is 6.26.